The molecule has 0 unspecified atom stereocenters. The van der Waals surface area contributed by atoms with Crippen molar-refractivity contribution in [3.05, 3.63) is 440 Å². The third-order valence-corrected chi connectivity index (χ3v) is 21.0. The first-order chi connectivity index (χ1) is 54.8. The number of fused-ring (bicyclic) bond motifs is 9. The summed E-state index contributed by atoms with van der Waals surface area (Å²) in [5.41, 5.74) is 26.3. The van der Waals surface area contributed by atoms with Gasteiger partial charge in [0.1, 0.15) is 0 Å². The van der Waals surface area contributed by atoms with E-state index in [1.165, 1.54) is 91.9 Å². The van der Waals surface area contributed by atoms with Crippen LogP contribution in [0.5, 0.6) is 0 Å². The van der Waals surface area contributed by atoms with Gasteiger partial charge in [0.25, 0.3) is 0 Å². The topological polar surface area (TPSA) is 70.5 Å². The number of benzene rings is 17. The van der Waals surface area contributed by atoms with Gasteiger partial charge in [0.15, 0.2) is 0 Å². The summed E-state index contributed by atoms with van der Waals surface area (Å²) in [5, 5.41) is 30.1. The van der Waals surface area contributed by atoms with E-state index in [0.717, 1.165) is 67.1 Å². The first kappa shape index (κ1) is 70.4. The Balaban J connectivity index is 0.000000108. The zero-order valence-corrected chi connectivity index (χ0v) is 62.9. The third kappa shape index (κ3) is 15.1. The first-order valence-electron chi connectivity index (χ1n) is 37.3. The lowest BCUT2D eigenvalue weighted by molar-refractivity contribution is 0.426. The highest BCUT2D eigenvalue weighted by Gasteiger charge is 2.20. The maximum Gasteiger partial charge on any atom is 0.488 e. The fraction of sp³-hybridized carbons (Fsp3) is 0. The van der Waals surface area contributed by atoms with E-state index in [9.17, 15) is 10.0 Å². The van der Waals surface area contributed by atoms with Crippen LogP contribution < -0.4 is 15.7 Å². The molecule has 3 aromatic heterocycles. The van der Waals surface area contributed by atoms with E-state index in [-0.39, 0.29) is 0 Å². The van der Waals surface area contributed by atoms with Gasteiger partial charge in [-0.2, -0.15) is 0 Å². The minimum Gasteiger partial charge on any atom is -0.423 e. The largest absolute Gasteiger partial charge is 0.488 e. The molecule has 0 amide bonds. The molecule has 3 N–H and O–H groups in total. The second-order valence-corrected chi connectivity index (χ2v) is 28.5. The molecule has 0 atom stereocenters. The van der Waals surface area contributed by atoms with Crippen LogP contribution in [-0.2, 0) is 0 Å². The zero-order chi connectivity index (χ0) is 74.8. The molecule has 0 spiro atoms. The minimum absolute atomic E-state index is 0.490. The van der Waals surface area contributed by atoms with Gasteiger partial charge in [0.2, 0.25) is 0 Å². The lowest BCUT2D eigenvalue weighted by Crippen LogP contribution is -2.29. The number of nitrogens with zero attached hydrogens (tertiary/aromatic N) is 4. The number of anilines is 5. The molecule has 9 heteroatoms. The summed E-state index contributed by atoms with van der Waals surface area (Å²) in [6, 6.07) is 152. The number of hydrogen-bond acceptors (Lipinski definition) is 4. The summed E-state index contributed by atoms with van der Waals surface area (Å²) in [6.07, 6.45) is 0. The van der Waals surface area contributed by atoms with Crippen molar-refractivity contribution in [2.75, 3.05) is 10.2 Å². The molecule has 530 valence electrons. The van der Waals surface area contributed by atoms with Crippen molar-refractivity contribution in [1.82, 2.24) is 13.7 Å². The van der Waals surface area contributed by atoms with Gasteiger partial charge in [0, 0.05) is 81.4 Å². The van der Waals surface area contributed by atoms with Crippen molar-refractivity contribution in [3.63, 3.8) is 0 Å². The average molecular weight is 1540 g/mol. The summed E-state index contributed by atoms with van der Waals surface area (Å²) in [5.74, 6) is 0. The van der Waals surface area contributed by atoms with Crippen LogP contribution in [-0.4, -0.2) is 30.9 Å². The van der Waals surface area contributed by atoms with Crippen molar-refractivity contribution >= 4 is 129 Å². The Bertz CT molecular complexity index is 6490. The normalized spacial score (nSPS) is 11.0. The Morgan fingerprint density at radius 2 is 0.495 bits per heavy atom. The molecule has 0 saturated heterocycles. The standard InChI is InChI=1S/C30H24N2.C24H18BNO2.C24H16IN.C24H17N/c1-4-10-24(11-5-1)25-16-18-26(19-17-25)31-27-20-22-30(23-21-27)32(28-12-6-2-7-13-28)29-14-8-3-9-15-29;27-25(28)19-12-14-24-22(16-19)21-15-18(17-7-3-1-4-8-17)11-13-23(21)26(24)20-9-5-2-6-10-20;25-19-12-14-24-22(16-19)21-15-18(17-7-3-1-4-8-17)11-13-23(21)26(24)20-9-5-2-6-10-20;1-3-9-18(10-4-1)19-15-16-24-22(17-19)21-13-7-8-14-23(21)25(24)20-11-5-2-6-12-20/h1-23,31H;1-16,27-28H;1-16H;1-17H. The predicted molar refractivity (Wildman–Crippen MR) is 477 cm³/mol. The van der Waals surface area contributed by atoms with Gasteiger partial charge >= 0.3 is 7.12 Å². The number of aromatic nitrogens is 3. The van der Waals surface area contributed by atoms with Gasteiger partial charge in [-0.1, -0.05) is 273 Å². The van der Waals surface area contributed by atoms with Crippen LogP contribution in [0.3, 0.4) is 0 Å². The van der Waals surface area contributed by atoms with E-state index in [2.05, 4.69) is 410 Å². The Morgan fingerprint density at radius 1 is 0.225 bits per heavy atom. The highest BCUT2D eigenvalue weighted by molar-refractivity contribution is 14.1. The van der Waals surface area contributed by atoms with Gasteiger partial charge in [-0.05, 0) is 236 Å². The van der Waals surface area contributed by atoms with Crippen LogP contribution in [0, 0.1) is 3.57 Å². The predicted octanol–water partition coefficient (Wildman–Crippen LogP) is 26.2. The smallest absolute Gasteiger partial charge is 0.423 e. The summed E-state index contributed by atoms with van der Waals surface area (Å²) in [4.78, 5) is 2.26. The second-order valence-electron chi connectivity index (χ2n) is 27.3. The number of hydrogen-bond donors (Lipinski definition) is 3. The molecule has 0 radical (unpaired) electrons. The Labute approximate surface area is 660 Å². The lowest BCUT2D eigenvalue weighted by Gasteiger charge is -2.25. The fourth-order valence-corrected chi connectivity index (χ4v) is 15.5. The SMILES string of the molecule is Ic1ccc2c(c1)c1cc(-c3ccccc3)ccc1n2-c1ccccc1.OB(O)c1ccc2c(c1)c1cc(-c3ccccc3)ccc1n2-c1ccccc1.c1ccc(-c2ccc(Nc3ccc(N(c4ccccc4)c4ccccc4)cc3)cc2)cc1.c1ccc(-c2ccc3c(c2)c2ccccc2n3-c2ccccc2)cc1. The molecule has 0 aliphatic carbocycles. The number of nitrogens with one attached hydrogen (secondary N) is 1. The molecule has 0 saturated carbocycles. The first-order valence-corrected chi connectivity index (χ1v) is 38.4. The summed E-state index contributed by atoms with van der Waals surface area (Å²) >= 11 is 2.40. The van der Waals surface area contributed by atoms with Crippen molar-refractivity contribution < 1.29 is 10.0 Å². The Kier molecular flexibility index (Phi) is 20.6. The van der Waals surface area contributed by atoms with Gasteiger partial charge < -0.3 is 34.0 Å². The Morgan fingerprint density at radius 3 is 0.892 bits per heavy atom. The highest BCUT2D eigenvalue weighted by atomic mass is 127. The molecule has 0 fully saturated rings. The second kappa shape index (κ2) is 32.5. The number of halogens is 1. The minimum atomic E-state index is -1.49. The summed E-state index contributed by atoms with van der Waals surface area (Å²) in [7, 11) is -1.49. The number of rotatable bonds is 13. The van der Waals surface area contributed by atoms with E-state index in [1.807, 2.05) is 66.7 Å². The molecule has 20 aromatic rings. The van der Waals surface area contributed by atoms with Crippen LogP contribution in [0.4, 0.5) is 28.4 Å². The Hall–Kier alpha value is -13.5. The van der Waals surface area contributed by atoms with Crippen molar-refractivity contribution in [2.24, 2.45) is 0 Å². The molecule has 7 nitrogen and oxygen atoms in total. The molecular formula is C102H75BIN5O2. The molecule has 0 aliphatic rings. The molecule has 0 bridgehead atoms. The summed E-state index contributed by atoms with van der Waals surface area (Å²) in [6.45, 7) is 0. The van der Waals surface area contributed by atoms with Crippen LogP contribution in [0.2, 0.25) is 0 Å². The van der Waals surface area contributed by atoms with Gasteiger partial charge in [0.05, 0.1) is 33.1 Å². The van der Waals surface area contributed by atoms with E-state index in [0.29, 0.717) is 5.46 Å². The van der Waals surface area contributed by atoms with E-state index < -0.39 is 7.12 Å². The van der Waals surface area contributed by atoms with E-state index in [4.69, 9.17) is 0 Å². The fourth-order valence-electron chi connectivity index (χ4n) is 15.0. The molecule has 20 rings (SSSR count). The average Bonchev–Trinajstić information content (AvgIpc) is 1.60. The van der Waals surface area contributed by atoms with Crippen LogP contribution in [0.1, 0.15) is 0 Å². The summed E-state index contributed by atoms with van der Waals surface area (Å²) < 4.78 is 8.18. The van der Waals surface area contributed by atoms with E-state index in [1.54, 1.807) is 6.07 Å². The zero-order valence-electron chi connectivity index (χ0n) is 60.7. The van der Waals surface area contributed by atoms with Crippen molar-refractivity contribution in [2.45, 2.75) is 0 Å². The maximum atomic E-state index is 9.66. The van der Waals surface area contributed by atoms with Crippen LogP contribution in [0.25, 0.3) is 127 Å². The molecule has 0 aliphatic heterocycles. The van der Waals surface area contributed by atoms with E-state index >= 15 is 0 Å². The van der Waals surface area contributed by atoms with Gasteiger partial charge in [-0.15, -0.1) is 0 Å². The monoisotopic (exact) mass is 1540 g/mol. The maximum absolute atomic E-state index is 9.66. The molecule has 17 aromatic carbocycles. The molecular weight excluding hydrogens is 1460 g/mol. The van der Waals surface area contributed by atoms with Gasteiger partial charge in [-0.3, -0.25) is 0 Å². The third-order valence-electron chi connectivity index (χ3n) is 20.3. The van der Waals surface area contributed by atoms with Crippen LogP contribution in [0.15, 0.2) is 437 Å². The van der Waals surface area contributed by atoms with Crippen molar-refractivity contribution in [1.29, 1.82) is 0 Å². The quantitative estimate of drug-likeness (QED) is 0.0795. The van der Waals surface area contributed by atoms with Gasteiger partial charge in [-0.25, -0.2) is 0 Å². The molecule has 111 heavy (non-hydrogen) atoms. The number of para-hydroxylation sites is 6. The molecule has 3 heterocycles. The van der Waals surface area contributed by atoms with Crippen LogP contribution >= 0.6 is 22.6 Å². The van der Waals surface area contributed by atoms with Crippen molar-refractivity contribution in [3.8, 4) is 61.6 Å². The highest BCUT2D eigenvalue weighted by Crippen LogP contribution is 2.40. The lowest BCUT2D eigenvalue weighted by atomic mass is 9.80.